The number of hydrogen-bond acceptors (Lipinski definition) is 7. The Morgan fingerprint density at radius 1 is 1.00 bits per heavy atom. The molecule has 8 nitrogen and oxygen atoms in total. The number of nitrogens with two attached hydrogens (primary N) is 1. The van der Waals surface area contributed by atoms with E-state index in [2.05, 4.69) is 6.07 Å². The van der Waals surface area contributed by atoms with Gasteiger partial charge in [-0.1, -0.05) is 48.5 Å². The number of allylic oxidation sites excluding steroid dienone is 1. The molecule has 3 aromatic carbocycles. The van der Waals surface area contributed by atoms with E-state index in [4.69, 9.17) is 25.0 Å². The largest absolute Gasteiger partial charge is 0.502 e. The Morgan fingerprint density at radius 3 is 2.17 bits per heavy atom. The monoisotopic (exact) mass is 466 g/mol. The zero-order valence-corrected chi connectivity index (χ0v) is 19.1. The van der Waals surface area contributed by atoms with E-state index < -0.39 is 5.92 Å². The van der Waals surface area contributed by atoms with Gasteiger partial charge in [0.1, 0.15) is 17.3 Å². The quantitative estimate of drug-likeness (QED) is 0.445. The number of phenolic OH excluding ortho intramolecular Hbond substituents is 1. The van der Waals surface area contributed by atoms with Crippen molar-refractivity contribution >= 4 is 0 Å². The molecule has 174 valence electrons. The molecule has 0 spiro atoms. The first-order valence-corrected chi connectivity index (χ1v) is 10.8. The number of methoxy groups -OCH3 is 2. The maximum absolute atomic E-state index is 10.5. The molecule has 1 unspecified atom stereocenters. The van der Waals surface area contributed by atoms with Gasteiger partial charge in [0.25, 0.3) is 0 Å². The van der Waals surface area contributed by atoms with Crippen LogP contribution in [0.25, 0.3) is 16.9 Å². The lowest BCUT2D eigenvalue weighted by molar-refractivity contribution is 0.338. The highest BCUT2D eigenvalue weighted by Gasteiger charge is 2.38. The molecule has 4 aromatic rings. The summed E-state index contributed by atoms with van der Waals surface area (Å²) in [5.41, 5.74) is 10.1. The molecule has 8 heteroatoms. The second-order valence-corrected chi connectivity index (χ2v) is 7.88. The molecule has 1 aliphatic rings. The van der Waals surface area contributed by atoms with Crippen LogP contribution < -0.4 is 19.9 Å². The Labute approximate surface area is 202 Å². The molecule has 1 atom stereocenters. The molecular weight excluding hydrogens is 444 g/mol. The molecular formula is C27H22N4O4. The summed E-state index contributed by atoms with van der Waals surface area (Å²) in [7, 11) is 2.90. The number of ether oxygens (including phenoxy) is 3. The Hall–Kier alpha value is -4.90. The molecule has 0 aliphatic carbocycles. The lowest BCUT2D eigenvalue weighted by Gasteiger charge is -2.26. The fraction of sp³-hybridized carbons (Fsp3) is 0.111. The molecule has 1 aromatic heterocycles. The Balaban J connectivity index is 1.85. The SMILES string of the molecule is COc1cc(C2C(C#N)=C(N)Oc3c2c(-c2ccccc2)nn3-c2ccccc2)cc(OC)c1O. The number of nitriles is 1. The molecule has 0 bridgehead atoms. The minimum Gasteiger partial charge on any atom is -0.502 e. The first-order valence-electron chi connectivity index (χ1n) is 10.8. The number of aromatic nitrogens is 2. The van der Waals surface area contributed by atoms with Crippen molar-refractivity contribution in [3.8, 4) is 46.1 Å². The van der Waals surface area contributed by atoms with Gasteiger partial charge >= 0.3 is 0 Å². The van der Waals surface area contributed by atoms with Crippen LogP contribution in [0.2, 0.25) is 0 Å². The second-order valence-electron chi connectivity index (χ2n) is 7.88. The van der Waals surface area contributed by atoms with E-state index in [1.54, 1.807) is 16.8 Å². The number of nitrogens with zero attached hydrogens (tertiary/aromatic N) is 3. The molecule has 3 N–H and O–H groups in total. The predicted octanol–water partition coefficient (Wildman–Crippen LogP) is 4.48. The average molecular weight is 466 g/mol. The number of aromatic hydroxyl groups is 1. The van der Waals surface area contributed by atoms with Crippen LogP contribution in [0.5, 0.6) is 23.1 Å². The maximum atomic E-state index is 10.5. The van der Waals surface area contributed by atoms with Gasteiger partial charge in [0.15, 0.2) is 11.5 Å². The van der Waals surface area contributed by atoms with Crippen LogP contribution in [0, 0.1) is 11.3 Å². The number of fused-ring (bicyclic) bond motifs is 1. The molecule has 35 heavy (non-hydrogen) atoms. The molecule has 2 heterocycles. The van der Waals surface area contributed by atoms with Crippen LogP contribution in [-0.2, 0) is 0 Å². The highest BCUT2D eigenvalue weighted by atomic mass is 16.5. The highest BCUT2D eigenvalue weighted by Crippen LogP contribution is 2.50. The van der Waals surface area contributed by atoms with Crippen molar-refractivity contribution in [3.63, 3.8) is 0 Å². The first kappa shape index (κ1) is 21.9. The minimum atomic E-state index is -0.653. The summed E-state index contributed by atoms with van der Waals surface area (Å²) < 4.78 is 18.5. The molecule has 0 saturated carbocycles. The van der Waals surface area contributed by atoms with E-state index in [9.17, 15) is 10.4 Å². The van der Waals surface area contributed by atoms with Gasteiger partial charge in [0, 0.05) is 5.56 Å². The fourth-order valence-electron chi connectivity index (χ4n) is 4.31. The van der Waals surface area contributed by atoms with Crippen molar-refractivity contribution in [2.24, 2.45) is 5.73 Å². The number of phenols is 1. The summed E-state index contributed by atoms with van der Waals surface area (Å²) in [4.78, 5) is 0. The van der Waals surface area contributed by atoms with Crippen LogP contribution in [0.1, 0.15) is 17.0 Å². The molecule has 0 radical (unpaired) electrons. The van der Waals surface area contributed by atoms with Gasteiger partial charge in [0.2, 0.25) is 17.5 Å². The molecule has 0 amide bonds. The van der Waals surface area contributed by atoms with Gasteiger partial charge in [-0.15, -0.1) is 0 Å². The molecule has 5 rings (SSSR count). The molecule has 0 fully saturated rings. The second kappa shape index (κ2) is 8.80. The van der Waals surface area contributed by atoms with Crippen molar-refractivity contribution in [1.82, 2.24) is 9.78 Å². The average Bonchev–Trinajstić information content (AvgIpc) is 3.28. The Kier molecular flexibility index (Phi) is 5.51. The van der Waals surface area contributed by atoms with Crippen molar-refractivity contribution in [2.75, 3.05) is 14.2 Å². The van der Waals surface area contributed by atoms with E-state index in [0.29, 0.717) is 22.7 Å². The summed E-state index contributed by atoms with van der Waals surface area (Å²) in [6, 6.07) is 24.7. The molecule has 0 saturated heterocycles. The van der Waals surface area contributed by atoms with Crippen molar-refractivity contribution < 1.29 is 19.3 Å². The third-order valence-corrected chi connectivity index (χ3v) is 5.93. The van der Waals surface area contributed by atoms with Gasteiger partial charge in [-0.25, -0.2) is 0 Å². The Morgan fingerprint density at radius 2 is 1.60 bits per heavy atom. The van der Waals surface area contributed by atoms with E-state index in [1.807, 2.05) is 60.7 Å². The van der Waals surface area contributed by atoms with Crippen molar-refractivity contribution in [3.05, 3.63) is 95.4 Å². The standard InChI is InChI=1S/C27H22N4O4/c1-33-20-13-17(14-21(34-2)25(20)32)22-19(15-28)26(29)35-27-23(22)24(16-9-5-3-6-10-16)30-31(27)18-11-7-4-8-12-18/h3-14,22,32H,29H2,1-2H3. The van der Waals surface area contributed by atoms with Crippen LogP contribution in [0.3, 0.4) is 0 Å². The third-order valence-electron chi connectivity index (χ3n) is 5.93. The molecule has 1 aliphatic heterocycles. The van der Waals surface area contributed by atoms with Crippen LogP contribution in [0.15, 0.2) is 84.3 Å². The third kappa shape index (κ3) is 3.60. The van der Waals surface area contributed by atoms with Crippen LogP contribution in [-0.4, -0.2) is 29.1 Å². The summed E-state index contributed by atoms with van der Waals surface area (Å²) in [6.07, 6.45) is 0. The van der Waals surface area contributed by atoms with E-state index >= 15 is 0 Å². The van der Waals surface area contributed by atoms with E-state index in [-0.39, 0.29) is 28.7 Å². The zero-order chi connectivity index (χ0) is 24.5. The number of benzene rings is 3. The van der Waals surface area contributed by atoms with Gasteiger partial charge in [-0.3, -0.25) is 0 Å². The predicted molar refractivity (Wildman–Crippen MR) is 130 cm³/mol. The maximum Gasteiger partial charge on any atom is 0.229 e. The summed E-state index contributed by atoms with van der Waals surface area (Å²) in [6.45, 7) is 0. The summed E-state index contributed by atoms with van der Waals surface area (Å²) >= 11 is 0. The Bertz CT molecular complexity index is 1450. The van der Waals surface area contributed by atoms with Gasteiger partial charge in [-0.2, -0.15) is 15.0 Å². The van der Waals surface area contributed by atoms with Crippen molar-refractivity contribution in [1.29, 1.82) is 5.26 Å². The normalized spacial score (nSPS) is 14.6. The lowest BCUT2D eigenvalue weighted by Crippen LogP contribution is -2.22. The van der Waals surface area contributed by atoms with Gasteiger partial charge in [-0.05, 0) is 29.8 Å². The lowest BCUT2D eigenvalue weighted by atomic mass is 9.82. The zero-order valence-electron chi connectivity index (χ0n) is 19.1. The van der Waals surface area contributed by atoms with E-state index in [0.717, 1.165) is 11.3 Å². The van der Waals surface area contributed by atoms with E-state index in [1.165, 1.54) is 14.2 Å². The number of rotatable bonds is 5. The smallest absolute Gasteiger partial charge is 0.229 e. The number of hydrogen-bond donors (Lipinski definition) is 2. The number of para-hydroxylation sites is 1. The van der Waals surface area contributed by atoms with Crippen LogP contribution >= 0.6 is 0 Å². The van der Waals surface area contributed by atoms with Gasteiger partial charge in [0.05, 0.1) is 31.4 Å². The summed E-state index contributed by atoms with van der Waals surface area (Å²) in [5.74, 6) is 0.0137. The fourth-order valence-corrected chi connectivity index (χ4v) is 4.31. The first-order chi connectivity index (χ1) is 17.1. The van der Waals surface area contributed by atoms with Crippen LogP contribution in [0.4, 0.5) is 0 Å². The summed E-state index contributed by atoms with van der Waals surface area (Å²) in [5, 5.41) is 25.5. The van der Waals surface area contributed by atoms with Gasteiger partial charge < -0.3 is 25.1 Å². The van der Waals surface area contributed by atoms with Crippen molar-refractivity contribution in [2.45, 2.75) is 5.92 Å². The topological polar surface area (TPSA) is 116 Å². The highest BCUT2D eigenvalue weighted by molar-refractivity contribution is 5.73. The minimum absolute atomic E-state index is 0.0206.